The number of aliphatic imine (C=N–C) groups is 1. The van der Waals surface area contributed by atoms with Gasteiger partial charge < -0.3 is 9.80 Å². The van der Waals surface area contributed by atoms with Crippen molar-refractivity contribution in [2.45, 2.75) is 13.8 Å². The lowest BCUT2D eigenvalue weighted by molar-refractivity contribution is 0.104. The first kappa shape index (κ1) is 17.8. The number of hydrogen-bond acceptors (Lipinski definition) is 5. The van der Waals surface area contributed by atoms with Crippen molar-refractivity contribution in [2.75, 3.05) is 28.2 Å². The van der Waals surface area contributed by atoms with Crippen molar-refractivity contribution in [2.24, 2.45) is 4.99 Å². The van der Waals surface area contributed by atoms with Gasteiger partial charge in [0.2, 0.25) is 5.78 Å². The van der Waals surface area contributed by atoms with E-state index in [1.54, 1.807) is 22.3 Å². The summed E-state index contributed by atoms with van der Waals surface area (Å²) in [5, 5.41) is 0. The van der Waals surface area contributed by atoms with Crippen LogP contribution in [0.3, 0.4) is 0 Å². The van der Waals surface area contributed by atoms with Gasteiger partial charge in [-0.3, -0.25) is 4.79 Å². The van der Waals surface area contributed by atoms with Crippen molar-refractivity contribution in [3.63, 3.8) is 0 Å². The van der Waals surface area contributed by atoms with Crippen molar-refractivity contribution < 1.29 is 4.79 Å². The molecule has 0 saturated carbocycles. The molecule has 1 heterocycles. The van der Waals surface area contributed by atoms with E-state index in [-0.39, 0.29) is 5.78 Å². The highest BCUT2D eigenvalue weighted by Gasteiger charge is 2.03. The molecule has 0 spiro atoms. The Morgan fingerprint density at radius 1 is 1.10 bits per heavy atom. The summed E-state index contributed by atoms with van der Waals surface area (Å²) in [5.74, 6) is 0.288. The van der Waals surface area contributed by atoms with E-state index in [0.717, 1.165) is 0 Å². The Morgan fingerprint density at radius 2 is 1.75 bits per heavy atom. The summed E-state index contributed by atoms with van der Waals surface area (Å²) in [6, 6.07) is 0. The Morgan fingerprint density at radius 3 is 2.20 bits per heavy atom. The predicted molar refractivity (Wildman–Crippen MR) is 82.4 cm³/mol. The van der Waals surface area contributed by atoms with Gasteiger partial charge in [-0.25, -0.2) is 15.0 Å². The molecular weight excluding hydrogens is 254 g/mol. The van der Waals surface area contributed by atoms with Crippen molar-refractivity contribution in [3.8, 4) is 0 Å². The van der Waals surface area contributed by atoms with E-state index in [2.05, 4.69) is 15.0 Å². The summed E-state index contributed by atoms with van der Waals surface area (Å²) in [6.07, 6.45) is 7.63. The van der Waals surface area contributed by atoms with Crippen LogP contribution in [-0.2, 0) is 0 Å². The molecule has 0 N–H and O–H groups in total. The standard InChI is InChI=1S/C12H17N5O.C2H6/c1-16(2)6-5-11(18)10-7-14-12(8-13-10)15-9-17(3)4;1-2/h5-9H,1-4H3;1-2H3/b6-5+,15-9?;. The fourth-order valence-corrected chi connectivity index (χ4v) is 0.992. The highest BCUT2D eigenvalue weighted by Crippen LogP contribution is 2.05. The Balaban J connectivity index is 0.00000172. The minimum Gasteiger partial charge on any atom is -0.383 e. The summed E-state index contributed by atoms with van der Waals surface area (Å²) in [7, 11) is 7.41. The third-order valence-electron chi connectivity index (χ3n) is 1.84. The van der Waals surface area contributed by atoms with E-state index in [0.29, 0.717) is 11.5 Å². The van der Waals surface area contributed by atoms with E-state index < -0.39 is 0 Å². The van der Waals surface area contributed by atoms with Crippen molar-refractivity contribution in [1.29, 1.82) is 0 Å². The van der Waals surface area contributed by atoms with Gasteiger partial charge >= 0.3 is 0 Å². The Labute approximate surface area is 120 Å². The van der Waals surface area contributed by atoms with Crippen LogP contribution in [-0.4, -0.2) is 60.1 Å². The number of carbonyl (C=O) groups excluding carboxylic acids is 1. The maximum Gasteiger partial charge on any atom is 0.207 e. The van der Waals surface area contributed by atoms with Crippen LogP contribution in [0.5, 0.6) is 0 Å². The van der Waals surface area contributed by atoms with Crippen LogP contribution in [0.25, 0.3) is 0 Å². The molecule has 0 unspecified atom stereocenters. The van der Waals surface area contributed by atoms with Gasteiger partial charge in [0.05, 0.1) is 18.7 Å². The predicted octanol–water partition coefficient (Wildman–Crippen LogP) is 1.98. The van der Waals surface area contributed by atoms with Crippen LogP contribution in [0.1, 0.15) is 24.3 Å². The third-order valence-corrected chi connectivity index (χ3v) is 1.84. The molecule has 0 aliphatic rings. The van der Waals surface area contributed by atoms with Gasteiger partial charge in [0.1, 0.15) is 5.69 Å². The zero-order chi connectivity index (χ0) is 15.5. The molecule has 6 nitrogen and oxygen atoms in total. The van der Waals surface area contributed by atoms with E-state index in [9.17, 15) is 4.79 Å². The number of hydrogen-bond donors (Lipinski definition) is 0. The molecule has 0 fully saturated rings. The van der Waals surface area contributed by atoms with Crippen LogP contribution in [0.15, 0.2) is 29.7 Å². The van der Waals surface area contributed by atoms with E-state index in [4.69, 9.17) is 0 Å². The molecule has 110 valence electrons. The SMILES string of the molecule is CC.CN(C)C=Nc1cnc(C(=O)/C=C/N(C)C)cn1. The van der Waals surface area contributed by atoms with Gasteiger partial charge in [-0.2, -0.15) is 0 Å². The van der Waals surface area contributed by atoms with E-state index in [1.807, 2.05) is 42.0 Å². The second-order valence-electron chi connectivity index (χ2n) is 4.11. The number of rotatable bonds is 5. The van der Waals surface area contributed by atoms with Crippen LogP contribution in [0.2, 0.25) is 0 Å². The largest absolute Gasteiger partial charge is 0.383 e. The summed E-state index contributed by atoms with van der Waals surface area (Å²) in [5.41, 5.74) is 0.303. The monoisotopic (exact) mass is 277 g/mol. The van der Waals surface area contributed by atoms with E-state index >= 15 is 0 Å². The molecule has 0 amide bonds. The average molecular weight is 277 g/mol. The molecule has 1 rings (SSSR count). The molecule has 1 aromatic rings. The number of allylic oxidation sites excluding steroid dienone is 1. The number of nitrogens with zero attached hydrogens (tertiary/aromatic N) is 5. The lowest BCUT2D eigenvalue weighted by atomic mass is 10.3. The normalized spacial score (nSPS) is 10.3. The Hall–Kier alpha value is -2.24. The summed E-state index contributed by atoms with van der Waals surface area (Å²) in [4.78, 5) is 27.4. The van der Waals surface area contributed by atoms with E-state index in [1.165, 1.54) is 18.5 Å². The topological polar surface area (TPSA) is 61.7 Å². The van der Waals surface area contributed by atoms with Crippen LogP contribution in [0.4, 0.5) is 5.82 Å². The maximum atomic E-state index is 11.7. The molecule has 0 aliphatic heterocycles. The van der Waals surface area contributed by atoms with Crippen molar-refractivity contribution in [3.05, 3.63) is 30.4 Å². The fraction of sp³-hybridized carbons (Fsp3) is 0.429. The highest BCUT2D eigenvalue weighted by atomic mass is 16.1. The molecule has 0 saturated heterocycles. The number of carbonyl (C=O) groups is 1. The van der Waals surface area contributed by atoms with Gasteiger partial charge in [-0.15, -0.1) is 0 Å². The first-order valence-corrected chi connectivity index (χ1v) is 6.40. The number of ketones is 1. The lowest BCUT2D eigenvalue weighted by Crippen LogP contribution is -2.07. The van der Waals surface area contributed by atoms with Gasteiger partial charge in [-0.1, -0.05) is 13.8 Å². The zero-order valence-corrected chi connectivity index (χ0v) is 13.0. The molecule has 0 atom stereocenters. The molecule has 0 bridgehead atoms. The molecule has 1 aromatic heterocycles. The van der Waals surface area contributed by atoms with Crippen molar-refractivity contribution in [1.82, 2.24) is 19.8 Å². The van der Waals surface area contributed by atoms with Gasteiger partial charge in [0, 0.05) is 40.5 Å². The smallest absolute Gasteiger partial charge is 0.207 e. The molecular formula is C14H23N5O. The summed E-state index contributed by atoms with van der Waals surface area (Å²) < 4.78 is 0. The Kier molecular flexibility index (Phi) is 8.58. The molecule has 20 heavy (non-hydrogen) atoms. The zero-order valence-electron chi connectivity index (χ0n) is 13.0. The molecule has 0 aromatic carbocycles. The quantitative estimate of drug-likeness (QED) is 0.356. The fourth-order valence-electron chi connectivity index (χ4n) is 0.992. The average Bonchev–Trinajstić information content (AvgIpc) is 2.45. The second-order valence-corrected chi connectivity index (χ2v) is 4.11. The molecule has 0 aliphatic carbocycles. The van der Waals surface area contributed by atoms with Gasteiger partial charge in [0.15, 0.2) is 5.82 Å². The lowest BCUT2D eigenvalue weighted by Gasteiger charge is -2.03. The molecule has 6 heteroatoms. The van der Waals surface area contributed by atoms with Crippen LogP contribution < -0.4 is 0 Å². The molecule has 0 radical (unpaired) electrons. The second kappa shape index (κ2) is 9.66. The maximum absolute atomic E-state index is 11.7. The summed E-state index contributed by atoms with van der Waals surface area (Å²) in [6.45, 7) is 4.00. The highest BCUT2D eigenvalue weighted by molar-refractivity contribution is 6.02. The number of aromatic nitrogens is 2. The van der Waals surface area contributed by atoms with Crippen LogP contribution >= 0.6 is 0 Å². The first-order valence-electron chi connectivity index (χ1n) is 6.40. The third kappa shape index (κ3) is 7.25. The van der Waals surface area contributed by atoms with Gasteiger partial charge in [-0.05, 0) is 0 Å². The minimum absolute atomic E-state index is 0.181. The Bertz CT molecular complexity index is 449. The minimum atomic E-state index is -0.181. The van der Waals surface area contributed by atoms with Gasteiger partial charge in [0.25, 0.3) is 0 Å². The van der Waals surface area contributed by atoms with Crippen molar-refractivity contribution >= 4 is 17.9 Å². The van der Waals surface area contributed by atoms with Crippen LogP contribution in [0, 0.1) is 0 Å². The first-order chi connectivity index (χ1) is 9.49. The summed E-state index contributed by atoms with van der Waals surface area (Å²) >= 11 is 0.